The van der Waals surface area contributed by atoms with E-state index < -0.39 is 5.41 Å². The molecule has 2 atom stereocenters. The molecular weight excluding hydrogens is 256 g/mol. The molecule has 0 aliphatic carbocycles. The molecule has 0 spiro atoms. The molecule has 1 amide bonds. The maximum Gasteiger partial charge on any atom is 0.233 e. The molecule has 1 aliphatic rings. The van der Waals surface area contributed by atoms with Gasteiger partial charge in [-0.25, -0.2) is 0 Å². The van der Waals surface area contributed by atoms with Crippen molar-refractivity contribution in [3.63, 3.8) is 0 Å². The smallest absolute Gasteiger partial charge is 0.233 e. The van der Waals surface area contributed by atoms with Gasteiger partial charge in [0.25, 0.3) is 0 Å². The standard InChI is InChI=1S/C15H24N2O3/c1-10(2)17(7-12-6-5-11(3)20-12)14(18)15(4)9-19-8-13(15)16/h5-6,10,13H,7-9,16H2,1-4H3. The lowest BCUT2D eigenvalue weighted by Crippen LogP contribution is -2.53. The molecule has 20 heavy (non-hydrogen) atoms. The summed E-state index contributed by atoms with van der Waals surface area (Å²) in [5.74, 6) is 1.68. The molecular formula is C15H24N2O3. The van der Waals surface area contributed by atoms with Crippen LogP contribution < -0.4 is 5.73 Å². The van der Waals surface area contributed by atoms with Crippen molar-refractivity contribution in [1.82, 2.24) is 4.90 Å². The molecule has 0 aromatic carbocycles. The third-order valence-corrected chi connectivity index (χ3v) is 4.01. The van der Waals surface area contributed by atoms with Gasteiger partial charge >= 0.3 is 0 Å². The van der Waals surface area contributed by atoms with Gasteiger partial charge in [-0.05, 0) is 39.8 Å². The summed E-state index contributed by atoms with van der Waals surface area (Å²) in [4.78, 5) is 14.7. The highest BCUT2D eigenvalue weighted by molar-refractivity contribution is 5.84. The Kier molecular flexibility index (Phi) is 4.20. The molecule has 1 fully saturated rings. The fourth-order valence-electron chi connectivity index (χ4n) is 2.46. The van der Waals surface area contributed by atoms with Gasteiger partial charge in [-0.1, -0.05) is 0 Å². The number of aryl methyl sites for hydroxylation is 1. The van der Waals surface area contributed by atoms with Gasteiger partial charge in [-0.15, -0.1) is 0 Å². The van der Waals surface area contributed by atoms with E-state index in [0.717, 1.165) is 11.5 Å². The first-order chi connectivity index (χ1) is 9.34. The molecule has 0 radical (unpaired) electrons. The zero-order chi connectivity index (χ0) is 14.9. The molecule has 112 valence electrons. The zero-order valence-electron chi connectivity index (χ0n) is 12.7. The highest BCUT2D eigenvalue weighted by atomic mass is 16.5. The van der Waals surface area contributed by atoms with Crippen LogP contribution in [0, 0.1) is 12.3 Å². The average Bonchev–Trinajstić information content (AvgIpc) is 2.93. The van der Waals surface area contributed by atoms with E-state index in [1.54, 1.807) is 0 Å². The van der Waals surface area contributed by atoms with Gasteiger partial charge in [-0.3, -0.25) is 4.79 Å². The van der Waals surface area contributed by atoms with Crippen molar-refractivity contribution in [2.24, 2.45) is 11.1 Å². The molecule has 1 saturated heterocycles. The molecule has 0 saturated carbocycles. The summed E-state index contributed by atoms with van der Waals surface area (Å²) < 4.78 is 11.0. The van der Waals surface area contributed by atoms with Gasteiger partial charge in [0, 0.05) is 12.1 Å². The van der Waals surface area contributed by atoms with Crippen molar-refractivity contribution in [2.45, 2.75) is 46.3 Å². The second-order valence-corrected chi connectivity index (χ2v) is 6.08. The van der Waals surface area contributed by atoms with Gasteiger partial charge in [0.05, 0.1) is 25.2 Å². The second kappa shape index (κ2) is 5.58. The Hall–Kier alpha value is -1.33. The lowest BCUT2D eigenvalue weighted by atomic mass is 9.84. The van der Waals surface area contributed by atoms with E-state index in [9.17, 15) is 4.79 Å². The number of furan rings is 1. The fourth-order valence-corrected chi connectivity index (χ4v) is 2.46. The largest absolute Gasteiger partial charge is 0.464 e. The molecule has 2 N–H and O–H groups in total. The van der Waals surface area contributed by atoms with Crippen LogP contribution in [0.3, 0.4) is 0 Å². The van der Waals surface area contributed by atoms with Crippen LogP contribution in [0.5, 0.6) is 0 Å². The monoisotopic (exact) mass is 280 g/mol. The van der Waals surface area contributed by atoms with Crippen LogP contribution >= 0.6 is 0 Å². The number of hydrogen-bond donors (Lipinski definition) is 1. The summed E-state index contributed by atoms with van der Waals surface area (Å²) >= 11 is 0. The van der Waals surface area contributed by atoms with E-state index in [-0.39, 0.29) is 18.0 Å². The molecule has 2 rings (SSSR count). The highest BCUT2D eigenvalue weighted by Gasteiger charge is 2.46. The normalized spacial score (nSPS) is 26.2. The van der Waals surface area contributed by atoms with Crippen molar-refractivity contribution in [3.8, 4) is 0 Å². The number of rotatable bonds is 4. The van der Waals surface area contributed by atoms with Gasteiger partial charge < -0.3 is 19.8 Å². The van der Waals surface area contributed by atoms with Gasteiger partial charge in [-0.2, -0.15) is 0 Å². The number of ether oxygens (including phenoxy) is 1. The maximum absolute atomic E-state index is 12.9. The molecule has 1 aromatic heterocycles. The summed E-state index contributed by atoms with van der Waals surface area (Å²) in [5.41, 5.74) is 5.41. The summed E-state index contributed by atoms with van der Waals surface area (Å²) in [6, 6.07) is 3.64. The number of carbonyl (C=O) groups excluding carboxylic acids is 1. The average molecular weight is 280 g/mol. The lowest BCUT2D eigenvalue weighted by Gasteiger charge is -2.35. The number of nitrogens with zero attached hydrogens (tertiary/aromatic N) is 1. The molecule has 1 aromatic rings. The van der Waals surface area contributed by atoms with E-state index in [2.05, 4.69) is 0 Å². The van der Waals surface area contributed by atoms with Crippen LogP contribution in [-0.4, -0.2) is 36.1 Å². The summed E-state index contributed by atoms with van der Waals surface area (Å²) in [6.45, 7) is 9.06. The quantitative estimate of drug-likeness (QED) is 0.911. The predicted molar refractivity (Wildman–Crippen MR) is 76.0 cm³/mol. The Labute approximate surface area is 120 Å². The minimum Gasteiger partial charge on any atom is -0.464 e. The third kappa shape index (κ3) is 2.74. The summed E-state index contributed by atoms with van der Waals surface area (Å²) in [6.07, 6.45) is 0. The van der Waals surface area contributed by atoms with E-state index >= 15 is 0 Å². The van der Waals surface area contributed by atoms with Crippen molar-refractivity contribution in [3.05, 3.63) is 23.7 Å². The Balaban J connectivity index is 2.18. The number of hydrogen-bond acceptors (Lipinski definition) is 4. The molecule has 2 heterocycles. The minimum atomic E-state index is -0.647. The fraction of sp³-hybridized carbons (Fsp3) is 0.667. The van der Waals surface area contributed by atoms with E-state index in [0.29, 0.717) is 19.8 Å². The topological polar surface area (TPSA) is 68.7 Å². The van der Waals surface area contributed by atoms with Crippen LogP contribution in [0.15, 0.2) is 16.5 Å². The number of carbonyl (C=O) groups is 1. The first kappa shape index (κ1) is 15.1. The van der Waals surface area contributed by atoms with Gasteiger partial charge in [0.15, 0.2) is 0 Å². The van der Waals surface area contributed by atoms with E-state index in [1.807, 2.05) is 44.7 Å². The first-order valence-electron chi connectivity index (χ1n) is 7.04. The van der Waals surface area contributed by atoms with Crippen LogP contribution in [0.25, 0.3) is 0 Å². The van der Waals surface area contributed by atoms with Crippen molar-refractivity contribution in [1.29, 1.82) is 0 Å². The van der Waals surface area contributed by atoms with Crippen LogP contribution in [0.4, 0.5) is 0 Å². The van der Waals surface area contributed by atoms with Crippen molar-refractivity contribution >= 4 is 5.91 Å². The SMILES string of the molecule is Cc1ccc(CN(C(=O)C2(C)COCC2N)C(C)C)o1. The van der Waals surface area contributed by atoms with Crippen molar-refractivity contribution in [2.75, 3.05) is 13.2 Å². The van der Waals surface area contributed by atoms with Crippen LogP contribution in [-0.2, 0) is 16.1 Å². The number of nitrogens with two attached hydrogens (primary N) is 1. The molecule has 2 unspecified atom stereocenters. The Morgan fingerprint density at radius 3 is 2.70 bits per heavy atom. The van der Waals surface area contributed by atoms with E-state index in [4.69, 9.17) is 14.9 Å². The Bertz CT molecular complexity index is 483. The summed E-state index contributed by atoms with van der Waals surface area (Å²) in [5, 5.41) is 0. The lowest BCUT2D eigenvalue weighted by molar-refractivity contribution is -0.144. The Morgan fingerprint density at radius 1 is 1.55 bits per heavy atom. The molecule has 1 aliphatic heterocycles. The van der Waals surface area contributed by atoms with E-state index in [1.165, 1.54) is 0 Å². The van der Waals surface area contributed by atoms with Crippen LogP contribution in [0.1, 0.15) is 32.3 Å². The maximum atomic E-state index is 12.9. The third-order valence-electron chi connectivity index (χ3n) is 4.01. The summed E-state index contributed by atoms with van der Waals surface area (Å²) in [7, 11) is 0. The second-order valence-electron chi connectivity index (χ2n) is 6.08. The van der Waals surface area contributed by atoms with Gasteiger partial charge in [0.2, 0.25) is 5.91 Å². The minimum absolute atomic E-state index is 0.0338. The molecule has 5 heteroatoms. The first-order valence-corrected chi connectivity index (χ1v) is 7.04. The molecule has 5 nitrogen and oxygen atoms in total. The number of amides is 1. The predicted octanol–water partition coefficient (Wildman–Crippen LogP) is 1.69. The zero-order valence-corrected chi connectivity index (χ0v) is 12.7. The van der Waals surface area contributed by atoms with Gasteiger partial charge in [0.1, 0.15) is 11.5 Å². The molecule has 0 bridgehead atoms. The highest BCUT2D eigenvalue weighted by Crippen LogP contribution is 2.31. The Morgan fingerprint density at radius 2 is 2.25 bits per heavy atom. The van der Waals surface area contributed by atoms with Crippen LogP contribution in [0.2, 0.25) is 0 Å². The van der Waals surface area contributed by atoms with Crippen molar-refractivity contribution < 1.29 is 13.9 Å².